The van der Waals surface area contributed by atoms with Gasteiger partial charge in [0.25, 0.3) is 0 Å². The molecule has 0 radical (unpaired) electrons. The molecular formula is C23H26Cl2N6O. The maximum atomic E-state index is 13.0. The molecule has 1 unspecified atom stereocenters. The number of aromatic amines is 1. The van der Waals surface area contributed by atoms with E-state index in [-0.39, 0.29) is 5.78 Å². The fraction of sp³-hybridized carbons (Fsp3) is 0.391. The first-order valence-electron chi connectivity index (χ1n) is 10.6. The number of carbonyl (C=O) groups is 1. The molecule has 2 aromatic heterocycles. The number of nitrogens with one attached hydrogen (secondary N) is 1. The topological polar surface area (TPSA) is 78.0 Å². The molecule has 0 aliphatic carbocycles. The normalized spacial score (nSPS) is 17.0. The Morgan fingerprint density at radius 1 is 1.12 bits per heavy atom. The van der Waals surface area contributed by atoms with Crippen LogP contribution in [0.15, 0.2) is 30.5 Å². The van der Waals surface area contributed by atoms with Crippen LogP contribution in [-0.4, -0.2) is 63.1 Å². The average molecular weight is 473 g/mol. The van der Waals surface area contributed by atoms with E-state index in [0.717, 1.165) is 36.7 Å². The summed E-state index contributed by atoms with van der Waals surface area (Å²) in [5, 5.41) is 8.10. The largest absolute Gasteiger partial charge is 0.366 e. The Hall–Kier alpha value is -2.48. The minimum Gasteiger partial charge on any atom is -0.366 e. The molecule has 7 nitrogen and oxygen atoms in total. The second-order valence-corrected chi connectivity index (χ2v) is 9.06. The summed E-state index contributed by atoms with van der Waals surface area (Å²) >= 11 is 12.2. The van der Waals surface area contributed by atoms with E-state index in [4.69, 9.17) is 23.2 Å². The molecule has 168 valence electrons. The number of nitrogens with zero attached hydrogens (tertiary/aromatic N) is 5. The van der Waals surface area contributed by atoms with Crippen LogP contribution in [0.4, 0.5) is 5.69 Å². The summed E-state index contributed by atoms with van der Waals surface area (Å²) in [6.07, 6.45) is 1.99. The van der Waals surface area contributed by atoms with E-state index >= 15 is 0 Å². The number of Topliss-reactive ketones (excluding diaryl/α,β-unsaturated/α-hetero) is 1. The van der Waals surface area contributed by atoms with Gasteiger partial charge in [0.05, 0.1) is 21.8 Å². The Labute approximate surface area is 197 Å². The predicted octanol–water partition coefficient (Wildman–Crippen LogP) is 4.57. The van der Waals surface area contributed by atoms with E-state index in [1.165, 1.54) is 0 Å². The number of aromatic nitrogens is 4. The molecule has 1 saturated heterocycles. The lowest BCUT2D eigenvalue weighted by atomic mass is 10.1. The second-order valence-electron chi connectivity index (χ2n) is 8.25. The lowest BCUT2D eigenvalue weighted by molar-refractivity contribution is 0.0959. The van der Waals surface area contributed by atoms with Crippen LogP contribution >= 0.6 is 23.2 Å². The first-order valence-corrected chi connectivity index (χ1v) is 11.4. The zero-order valence-corrected chi connectivity index (χ0v) is 19.9. The Morgan fingerprint density at radius 2 is 1.88 bits per heavy atom. The van der Waals surface area contributed by atoms with Crippen molar-refractivity contribution in [3.63, 3.8) is 0 Å². The number of rotatable bonds is 6. The quantitative estimate of drug-likeness (QED) is 0.529. The fourth-order valence-corrected chi connectivity index (χ4v) is 4.48. The SMILES string of the molecule is Cc1cc(C)nc(-c2[nH]ncc2C(=O)CCN2CCN(c3ccc(Cl)c(Cl)c3)C(C)C2)n1. The van der Waals surface area contributed by atoms with E-state index in [1.807, 2.05) is 38.1 Å². The number of hydrogen-bond acceptors (Lipinski definition) is 6. The van der Waals surface area contributed by atoms with Crippen LogP contribution in [-0.2, 0) is 0 Å². The number of benzene rings is 1. The minimum atomic E-state index is 0.0380. The molecule has 4 rings (SSSR count). The highest BCUT2D eigenvalue weighted by Gasteiger charge is 2.25. The molecule has 3 heterocycles. The third-order valence-corrected chi connectivity index (χ3v) is 6.49. The fourth-order valence-electron chi connectivity index (χ4n) is 4.18. The molecule has 9 heteroatoms. The number of ketones is 1. The summed E-state index contributed by atoms with van der Waals surface area (Å²) in [5.74, 6) is 0.545. The predicted molar refractivity (Wildman–Crippen MR) is 128 cm³/mol. The molecule has 1 N–H and O–H groups in total. The molecule has 1 aliphatic heterocycles. The Balaban J connectivity index is 1.38. The molecule has 1 fully saturated rings. The van der Waals surface area contributed by atoms with Crippen LogP contribution in [0.3, 0.4) is 0 Å². The lowest BCUT2D eigenvalue weighted by Gasteiger charge is -2.41. The van der Waals surface area contributed by atoms with Crippen molar-refractivity contribution >= 4 is 34.7 Å². The molecule has 0 spiro atoms. The molecule has 32 heavy (non-hydrogen) atoms. The van der Waals surface area contributed by atoms with Crippen molar-refractivity contribution < 1.29 is 4.79 Å². The number of hydrogen-bond donors (Lipinski definition) is 1. The number of carbonyl (C=O) groups excluding carboxylic acids is 1. The number of H-pyrrole nitrogens is 1. The number of halogens is 2. The lowest BCUT2D eigenvalue weighted by Crippen LogP contribution is -2.52. The van der Waals surface area contributed by atoms with E-state index in [9.17, 15) is 4.79 Å². The zero-order chi connectivity index (χ0) is 22.8. The van der Waals surface area contributed by atoms with Crippen molar-refractivity contribution in [2.45, 2.75) is 33.2 Å². The third kappa shape index (κ3) is 4.95. The van der Waals surface area contributed by atoms with Crippen molar-refractivity contribution in [2.75, 3.05) is 31.1 Å². The first kappa shape index (κ1) is 22.7. The van der Waals surface area contributed by atoms with Gasteiger partial charge in [-0.1, -0.05) is 23.2 Å². The summed E-state index contributed by atoms with van der Waals surface area (Å²) in [7, 11) is 0. The van der Waals surface area contributed by atoms with Crippen LogP contribution in [0.5, 0.6) is 0 Å². The van der Waals surface area contributed by atoms with Gasteiger partial charge >= 0.3 is 0 Å². The maximum Gasteiger partial charge on any atom is 0.178 e. The van der Waals surface area contributed by atoms with Crippen LogP contribution in [0.2, 0.25) is 10.0 Å². The van der Waals surface area contributed by atoms with Gasteiger partial charge in [-0.2, -0.15) is 5.10 Å². The van der Waals surface area contributed by atoms with Crippen LogP contribution in [0.1, 0.15) is 35.1 Å². The van der Waals surface area contributed by atoms with Crippen LogP contribution < -0.4 is 4.90 Å². The van der Waals surface area contributed by atoms with Gasteiger partial charge in [0, 0.05) is 55.7 Å². The van der Waals surface area contributed by atoms with Gasteiger partial charge in [0.1, 0.15) is 5.69 Å². The van der Waals surface area contributed by atoms with Crippen LogP contribution in [0, 0.1) is 13.8 Å². The molecule has 1 atom stereocenters. The van der Waals surface area contributed by atoms with E-state index in [2.05, 4.69) is 36.9 Å². The first-order chi connectivity index (χ1) is 15.3. The minimum absolute atomic E-state index is 0.0380. The highest BCUT2D eigenvalue weighted by Crippen LogP contribution is 2.29. The second kappa shape index (κ2) is 9.57. The molecule has 0 amide bonds. The van der Waals surface area contributed by atoms with E-state index in [0.29, 0.717) is 46.1 Å². The Kier molecular flexibility index (Phi) is 6.79. The molecule has 0 saturated carbocycles. The van der Waals surface area contributed by atoms with Gasteiger partial charge in [0.15, 0.2) is 11.6 Å². The van der Waals surface area contributed by atoms with Crippen molar-refractivity contribution in [2.24, 2.45) is 0 Å². The van der Waals surface area contributed by atoms with Gasteiger partial charge in [-0.3, -0.25) is 14.8 Å². The van der Waals surface area contributed by atoms with Gasteiger partial charge in [-0.15, -0.1) is 0 Å². The Bertz CT molecular complexity index is 1110. The van der Waals surface area contributed by atoms with E-state index < -0.39 is 0 Å². The van der Waals surface area contributed by atoms with Crippen molar-refractivity contribution in [3.05, 3.63) is 57.5 Å². The van der Waals surface area contributed by atoms with Gasteiger partial charge < -0.3 is 4.90 Å². The molecule has 3 aromatic rings. The van der Waals surface area contributed by atoms with Gasteiger partial charge in [-0.25, -0.2) is 9.97 Å². The molecule has 0 bridgehead atoms. The monoisotopic (exact) mass is 472 g/mol. The molecule has 1 aromatic carbocycles. The summed E-state index contributed by atoms with van der Waals surface area (Å²) < 4.78 is 0. The maximum absolute atomic E-state index is 13.0. The zero-order valence-electron chi connectivity index (χ0n) is 18.4. The van der Waals surface area contributed by atoms with E-state index in [1.54, 1.807) is 6.20 Å². The van der Waals surface area contributed by atoms with Crippen molar-refractivity contribution in [1.29, 1.82) is 0 Å². The van der Waals surface area contributed by atoms with Gasteiger partial charge in [0.2, 0.25) is 0 Å². The van der Waals surface area contributed by atoms with Crippen molar-refractivity contribution in [1.82, 2.24) is 25.1 Å². The summed E-state index contributed by atoms with van der Waals surface area (Å²) in [5.41, 5.74) is 3.90. The third-order valence-electron chi connectivity index (χ3n) is 5.75. The van der Waals surface area contributed by atoms with Crippen molar-refractivity contribution in [3.8, 4) is 11.5 Å². The summed E-state index contributed by atoms with van der Waals surface area (Å²) in [6, 6.07) is 7.94. The highest BCUT2D eigenvalue weighted by molar-refractivity contribution is 6.42. The number of aryl methyl sites for hydroxylation is 2. The van der Waals surface area contributed by atoms with Crippen LogP contribution in [0.25, 0.3) is 11.5 Å². The number of anilines is 1. The molecule has 1 aliphatic rings. The van der Waals surface area contributed by atoms with Gasteiger partial charge in [-0.05, 0) is 45.0 Å². The highest BCUT2D eigenvalue weighted by atomic mass is 35.5. The smallest absolute Gasteiger partial charge is 0.178 e. The summed E-state index contributed by atoms with van der Waals surface area (Å²) in [4.78, 5) is 26.5. The number of piperazine rings is 1. The Morgan fingerprint density at radius 3 is 2.56 bits per heavy atom. The molecular weight excluding hydrogens is 447 g/mol. The standard InChI is InChI=1S/C23H26Cl2N6O/c1-14-10-15(2)28-23(27-14)22-18(12-26-29-22)21(32)6-7-30-8-9-31(16(3)13-30)17-4-5-19(24)20(25)11-17/h4-5,10-12,16H,6-9,13H2,1-3H3,(H,26,29). The average Bonchev–Trinajstić information content (AvgIpc) is 3.24. The summed E-state index contributed by atoms with van der Waals surface area (Å²) in [6.45, 7) is 9.30.